The number of amides is 1. The van der Waals surface area contributed by atoms with Gasteiger partial charge in [0.25, 0.3) is 0 Å². The molecular weight excluding hydrogens is 214 g/mol. The lowest BCUT2D eigenvalue weighted by molar-refractivity contribution is -0.133. The average molecular weight is 231 g/mol. The van der Waals surface area contributed by atoms with Crippen LogP contribution in [0, 0.1) is 0 Å². The van der Waals surface area contributed by atoms with Crippen molar-refractivity contribution in [3.63, 3.8) is 0 Å². The molecule has 0 aromatic rings. The maximum absolute atomic E-state index is 11.7. The van der Waals surface area contributed by atoms with Crippen LogP contribution in [0.5, 0.6) is 0 Å². The number of hydrogen-bond acceptors (Lipinski definition) is 3. The van der Waals surface area contributed by atoms with Crippen LogP contribution >= 0.6 is 11.8 Å². The Hall–Kier alpha value is -0.970. The van der Waals surface area contributed by atoms with E-state index < -0.39 is 5.97 Å². The molecule has 0 aromatic heterocycles. The molecule has 0 aromatic carbocycles. The third kappa shape index (κ3) is 4.38. The van der Waals surface area contributed by atoms with Gasteiger partial charge in [-0.2, -0.15) is 11.8 Å². The number of hydrogen-bond donors (Lipinski definition) is 1. The molecule has 86 valence electrons. The molecule has 0 atom stereocenters. The van der Waals surface area contributed by atoms with E-state index in [1.54, 1.807) is 25.7 Å². The first-order valence-corrected chi connectivity index (χ1v) is 5.96. The second-order valence-corrected chi connectivity index (χ2v) is 4.26. The van der Waals surface area contributed by atoms with E-state index in [1.807, 2.05) is 6.26 Å². The summed E-state index contributed by atoms with van der Waals surface area (Å²) in [5.41, 5.74) is 0.405. The number of thioether (sulfide) groups is 1. The van der Waals surface area contributed by atoms with Crippen molar-refractivity contribution in [3.8, 4) is 0 Å². The number of carbonyl (C=O) groups excluding carboxylic acids is 1. The van der Waals surface area contributed by atoms with Crippen molar-refractivity contribution >= 4 is 23.6 Å². The molecule has 0 bridgehead atoms. The maximum Gasteiger partial charge on any atom is 0.331 e. The van der Waals surface area contributed by atoms with Gasteiger partial charge in [-0.3, -0.25) is 4.79 Å². The van der Waals surface area contributed by atoms with Crippen LogP contribution < -0.4 is 0 Å². The van der Waals surface area contributed by atoms with Gasteiger partial charge in [-0.25, -0.2) is 4.79 Å². The lowest BCUT2D eigenvalue weighted by Gasteiger charge is -2.17. The zero-order valence-electron chi connectivity index (χ0n) is 9.53. The summed E-state index contributed by atoms with van der Waals surface area (Å²) in [6, 6.07) is 0. The van der Waals surface area contributed by atoms with Crippen molar-refractivity contribution in [2.24, 2.45) is 0 Å². The zero-order chi connectivity index (χ0) is 12.0. The van der Waals surface area contributed by atoms with Crippen LogP contribution in [0.3, 0.4) is 0 Å². The van der Waals surface area contributed by atoms with Gasteiger partial charge in [0.1, 0.15) is 0 Å². The lowest BCUT2D eigenvalue weighted by atomic mass is 10.1. The van der Waals surface area contributed by atoms with E-state index in [1.165, 1.54) is 11.8 Å². The van der Waals surface area contributed by atoms with E-state index in [9.17, 15) is 9.59 Å². The molecule has 1 N–H and O–H groups in total. The molecule has 0 unspecified atom stereocenters. The van der Waals surface area contributed by atoms with Crippen LogP contribution in [0.2, 0.25) is 0 Å². The number of nitrogens with zero attached hydrogens (tertiary/aromatic N) is 1. The van der Waals surface area contributed by atoms with Gasteiger partial charge in [0.05, 0.1) is 0 Å². The van der Waals surface area contributed by atoms with E-state index in [-0.39, 0.29) is 11.5 Å². The Labute approximate surface area is 94.3 Å². The first kappa shape index (κ1) is 14.0. The Kier molecular flexibility index (Phi) is 6.08. The topological polar surface area (TPSA) is 57.6 Å². The first-order chi connectivity index (χ1) is 6.91. The van der Waals surface area contributed by atoms with Gasteiger partial charge >= 0.3 is 5.97 Å². The Morgan fingerprint density at radius 1 is 1.27 bits per heavy atom. The molecule has 0 rings (SSSR count). The number of carboxylic acids is 1. The smallest absolute Gasteiger partial charge is 0.331 e. The minimum absolute atomic E-state index is 0.107. The fourth-order valence-electron chi connectivity index (χ4n) is 0.937. The van der Waals surface area contributed by atoms with Gasteiger partial charge in [-0.1, -0.05) is 0 Å². The number of likely N-dealkylation sites (N-methyl/N-ethyl adjacent to an activating group) is 1. The monoisotopic (exact) mass is 231 g/mol. The molecule has 0 fully saturated rings. The number of aliphatic carboxylic acids is 1. The summed E-state index contributed by atoms with van der Waals surface area (Å²) >= 11 is 1.65. The summed E-state index contributed by atoms with van der Waals surface area (Å²) in [5.74, 6) is -0.412. The fraction of sp³-hybridized carbons (Fsp3) is 0.600. The normalized spacial score (nSPS) is 12.0. The van der Waals surface area contributed by atoms with Crippen molar-refractivity contribution in [1.82, 2.24) is 4.90 Å². The molecule has 0 radical (unpaired) electrons. The lowest BCUT2D eigenvalue weighted by Crippen LogP contribution is -2.30. The van der Waals surface area contributed by atoms with Gasteiger partial charge in [0.2, 0.25) is 5.91 Å². The quantitative estimate of drug-likeness (QED) is 0.723. The van der Waals surface area contributed by atoms with Crippen LogP contribution in [-0.2, 0) is 9.59 Å². The standard InChI is InChI=1S/C10H17NO3S/c1-7(8(2)10(13)14)9(12)11(3)5-6-15-4/h5-6H2,1-4H3,(H,13,14). The van der Waals surface area contributed by atoms with Crippen molar-refractivity contribution in [2.75, 3.05) is 25.6 Å². The van der Waals surface area contributed by atoms with Crippen LogP contribution in [0.15, 0.2) is 11.1 Å². The Morgan fingerprint density at radius 3 is 2.20 bits per heavy atom. The summed E-state index contributed by atoms with van der Waals surface area (Å²) in [6.07, 6.45) is 1.96. The highest BCUT2D eigenvalue weighted by Gasteiger charge is 2.15. The predicted molar refractivity (Wildman–Crippen MR) is 62.0 cm³/mol. The molecule has 0 aliphatic heterocycles. The van der Waals surface area contributed by atoms with Gasteiger partial charge in [-0.05, 0) is 20.1 Å². The SMILES string of the molecule is CSCCN(C)C(=O)C(C)=C(C)C(=O)O. The Bertz CT molecular complexity index is 286. The molecule has 0 aliphatic carbocycles. The highest BCUT2D eigenvalue weighted by Crippen LogP contribution is 2.07. The maximum atomic E-state index is 11.7. The summed E-state index contributed by atoms with van der Waals surface area (Å²) in [7, 11) is 1.68. The molecule has 1 amide bonds. The van der Waals surface area contributed by atoms with Crippen LogP contribution in [0.1, 0.15) is 13.8 Å². The Balaban J connectivity index is 4.57. The van der Waals surface area contributed by atoms with Crippen LogP contribution in [0.4, 0.5) is 0 Å². The third-order valence-electron chi connectivity index (χ3n) is 2.18. The molecule has 5 heteroatoms. The molecule has 0 heterocycles. The number of carboxylic acid groups (broad SMARTS) is 1. The van der Waals surface area contributed by atoms with Gasteiger partial charge in [0, 0.05) is 30.5 Å². The van der Waals surface area contributed by atoms with Crippen molar-refractivity contribution in [1.29, 1.82) is 0 Å². The van der Waals surface area contributed by atoms with Gasteiger partial charge < -0.3 is 10.0 Å². The summed E-state index contributed by atoms with van der Waals surface area (Å²) < 4.78 is 0. The summed E-state index contributed by atoms with van der Waals surface area (Å²) in [5, 5.41) is 8.73. The largest absolute Gasteiger partial charge is 0.478 e. The van der Waals surface area contributed by atoms with Crippen molar-refractivity contribution in [2.45, 2.75) is 13.8 Å². The van der Waals surface area contributed by atoms with Crippen molar-refractivity contribution in [3.05, 3.63) is 11.1 Å². The average Bonchev–Trinajstić information content (AvgIpc) is 2.22. The van der Waals surface area contributed by atoms with Gasteiger partial charge in [0.15, 0.2) is 0 Å². The second-order valence-electron chi connectivity index (χ2n) is 3.27. The van der Waals surface area contributed by atoms with Crippen molar-refractivity contribution < 1.29 is 14.7 Å². The van der Waals surface area contributed by atoms with E-state index >= 15 is 0 Å². The first-order valence-electron chi connectivity index (χ1n) is 4.57. The zero-order valence-corrected chi connectivity index (χ0v) is 10.3. The fourth-order valence-corrected chi connectivity index (χ4v) is 1.39. The third-order valence-corrected chi connectivity index (χ3v) is 2.77. The number of carbonyl (C=O) groups is 2. The second kappa shape index (κ2) is 6.50. The molecule has 4 nitrogen and oxygen atoms in total. The van der Waals surface area contributed by atoms with E-state index in [2.05, 4.69) is 0 Å². The highest BCUT2D eigenvalue weighted by atomic mass is 32.2. The minimum Gasteiger partial charge on any atom is -0.478 e. The number of rotatable bonds is 5. The predicted octanol–water partition coefficient (Wildman–Crippen LogP) is 1.23. The van der Waals surface area contributed by atoms with E-state index in [4.69, 9.17) is 5.11 Å². The molecule has 0 spiro atoms. The Morgan fingerprint density at radius 2 is 1.80 bits per heavy atom. The van der Waals surface area contributed by atoms with E-state index in [0.717, 1.165) is 5.75 Å². The molecular formula is C10H17NO3S. The summed E-state index contributed by atoms with van der Waals surface area (Å²) in [6.45, 7) is 3.61. The highest BCUT2D eigenvalue weighted by molar-refractivity contribution is 7.98. The minimum atomic E-state index is -1.04. The molecule has 15 heavy (non-hydrogen) atoms. The summed E-state index contributed by atoms with van der Waals surface area (Å²) in [4.78, 5) is 23.9. The molecule has 0 saturated heterocycles. The molecule has 0 aliphatic rings. The van der Waals surface area contributed by atoms with Crippen LogP contribution in [0.25, 0.3) is 0 Å². The van der Waals surface area contributed by atoms with Gasteiger partial charge in [-0.15, -0.1) is 0 Å². The van der Waals surface area contributed by atoms with Crippen LogP contribution in [-0.4, -0.2) is 47.5 Å². The molecule has 0 saturated carbocycles. The van der Waals surface area contributed by atoms with E-state index in [0.29, 0.717) is 12.1 Å².